The molecule has 0 aliphatic heterocycles. The summed E-state index contributed by atoms with van der Waals surface area (Å²) < 4.78 is 31.4. The van der Waals surface area contributed by atoms with Crippen LogP contribution in [-0.2, 0) is 14.8 Å². The highest BCUT2D eigenvalue weighted by atomic mass is 32.2. The summed E-state index contributed by atoms with van der Waals surface area (Å²) in [6.45, 7) is 5.61. The molecule has 6 nitrogen and oxygen atoms in total. The molecule has 1 aromatic heterocycles. The van der Waals surface area contributed by atoms with E-state index >= 15 is 0 Å². The number of sulfonamides is 1. The van der Waals surface area contributed by atoms with Crippen molar-refractivity contribution in [2.45, 2.75) is 32.4 Å². The minimum absolute atomic E-state index is 0.422. The van der Waals surface area contributed by atoms with Gasteiger partial charge in [-0.3, -0.25) is 9.82 Å². The molecule has 0 radical (unpaired) electrons. The highest BCUT2D eigenvalue weighted by Crippen LogP contribution is 2.19. The van der Waals surface area contributed by atoms with Gasteiger partial charge in [-0.15, -0.1) is 0 Å². The zero-order valence-electron chi connectivity index (χ0n) is 10.6. The summed E-state index contributed by atoms with van der Waals surface area (Å²) in [7, 11) is -1.84. The topological polar surface area (TPSA) is 84.1 Å². The first kappa shape index (κ1) is 14.0. The first-order valence-electron chi connectivity index (χ1n) is 5.40. The number of hydrogen-bond donors (Lipinski definition) is 2. The van der Waals surface area contributed by atoms with Crippen molar-refractivity contribution in [3.8, 4) is 0 Å². The molecule has 1 heterocycles. The molecule has 0 amide bonds. The Morgan fingerprint density at radius 2 is 2.12 bits per heavy atom. The van der Waals surface area contributed by atoms with Crippen LogP contribution in [-0.4, -0.2) is 37.6 Å². The largest absolute Gasteiger partial charge is 0.385 e. The molecule has 0 saturated heterocycles. The molecule has 0 bridgehead atoms. The van der Waals surface area contributed by atoms with Crippen LogP contribution in [0.4, 0.5) is 5.69 Å². The van der Waals surface area contributed by atoms with Crippen LogP contribution in [0.1, 0.15) is 24.7 Å². The lowest BCUT2D eigenvalue weighted by atomic mass is 10.3. The molecule has 7 heteroatoms. The van der Waals surface area contributed by atoms with E-state index in [9.17, 15) is 8.42 Å². The van der Waals surface area contributed by atoms with Crippen molar-refractivity contribution in [3.63, 3.8) is 0 Å². The van der Waals surface area contributed by atoms with E-state index in [4.69, 9.17) is 4.74 Å². The number of aromatic amines is 1. The van der Waals surface area contributed by atoms with Crippen LogP contribution in [0.3, 0.4) is 0 Å². The van der Waals surface area contributed by atoms with Crippen LogP contribution in [0.5, 0.6) is 0 Å². The van der Waals surface area contributed by atoms with Gasteiger partial charge in [0, 0.05) is 13.7 Å². The number of aryl methyl sites for hydroxylation is 2. The number of hydrogen-bond acceptors (Lipinski definition) is 4. The molecule has 0 spiro atoms. The minimum atomic E-state index is -3.39. The maximum atomic E-state index is 12.0. The fourth-order valence-electron chi connectivity index (χ4n) is 1.38. The van der Waals surface area contributed by atoms with Crippen molar-refractivity contribution < 1.29 is 13.2 Å². The SMILES string of the molecule is COCCC(C)S(=O)(=O)Nc1c(C)n[nH]c1C. The lowest BCUT2D eigenvalue weighted by Crippen LogP contribution is -2.26. The number of anilines is 1. The lowest BCUT2D eigenvalue weighted by molar-refractivity contribution is 0.194. The zero-order chi connectivity index (χ0) is 13.1. The first-order valence-corrected chi connectivity index (χ1v) is 6.95. The maximum Gasteiger partial charge on any atom is 0.235 e. The molecule has 1 rings (SSSR count). The van der Waals surface area contributed by atoms with Gasteiger partial charge in [0.2, 0.25) is 10.0 Å². The van der Waals surface area contributed by atoms with Crippen LogP contribution in [0.25, 0.3) is 0 Å². The first-order chi connectivity index (χ1) is 7.88. The average molecular weight is 261 g/mol. The van der Waals surface area contributed by atoms with E-state index in [2.05, 4.69) is 14.9 Å². The Morgan fingerprint density at radius 1 is 1.47 bits per heavy atom. The van der Waals surface area contributed by atoms with Gasteiger partial charge in [-0.1, -0.05) is 0 Å². The predicted molar refractivity (Wildman–Crippen MR) is 66.6 cm³/mol. The standard InChI is InChI=1S/C10H19N3O3S/c1-7(5-6-16-4)17(14,15)13-10-8(2)11-12-9(10)3/h7,13H,5-6H2,1-4H3,(H,11,12). The number of ether oxygens (including phenoxy) is 1. The fourth-order valence-corrected chi connectivity index (χ4v) is 2.58. The number of aromatic nitrogens is 2. The lowest BCUT2D eigenvalue weighted by Gasteiger charge is -2.14. The second-order valence-corrected chi connectivity index (χ2v) is 6.15. The maximum absolute atomic E-state index is 12.0. The molecule has 98 valence electrons. The van der Waals surface area contributed by atoms with Gasteiger partial charge in [-0.05, 0) is 27.2 Å². The molecule has 0 saturated carbocycles. The van der Waals surface area contributed by atoms with E-state index in [1.807, 2.05) is 0 Å². The number of rotatable bonds is 6. The molecular formula is C10H19N3O3S. The molecular weight excluding hydrogens is 242 g/mol. The quantitative estimate of drug-likeness (QED) is 0.805. The third kappa shape index (κ3) is 3.44. The number of methoxy groups -OCH3 is 1. The van der Waals surface area contributed by atoms with Gasteiger partial charge in [0.25, 0.3) is 0 Å². The van der Waals surface area contributed by atoms with Crippen LogP contribution in [0, 0.1) is 13.8 Å². The van der Waals surface area contributed by atoms with Gasteiger partial charge in [-0.25, -0.2) is 8.42 Å². The third-order valence-electron chi connectivity index (χ3n) is 2.63. The van der Waals surface area contributed by atoms with Crippen LogP contribution < -0.4 is 4.72 Å². The Hall–Kier alpha value is -1.08. The van der Waals surface area contributed by atoms with Crippen LogP contribution in [0.2, 0.25) is 0 Å². The van der Waals surface area contributed by atoms with E-state index in [1.165, 1.54) is 0 Å². The van der Waals surface area contributed by atoms with Crippen molar-refractivity contribution in [2.24, 2.45) is 0 Å². The summed E-state index contributed by atoms with van der Waals surface area (Å²) in [5.74, 6) is 0. The summed E-state index contributed by atoms with van der Waals surface area (Å²) in [5.41, 5.74) is 1.89. The van der Waals surface area contributed by atoms with Gasteiger partial charge < -0.3 is 4.74 Å². The highest BCUT2D eigenvalue weighted by molar-refractivity contribution is 7.93. The van der Waals surface area contributed by atoms with E-state index in [0.717, 1.165) is 0 Å². The number of nitrogens with one attached hydrogen (secondary N) is 2. The second kappa shape index (κ2) is 5.50. The Bertz CT molecular complexity index is 448. The Kier molecular flexibility index (Phi) is 4.53. The molecule has 2 N–H and O–H groups in total. The van der Waals surface area contributed by atoms with E-state index in [1.54, 1.807) is 27.9 Å². The summed E-state index contributed by atoms with van der Waals surface area (Å²) in [6.07, 6.45) is 0.460. The Morgan fingerprint density at radius 3 is 2.59 bits per heavy atom. The average Bonchev–Trinajstić information content (AvgIpc) is 2.57. The van der Waals surface area contributed by atoms with Crippen molar-refractivity contribution in [1.29, 1.82) is 0 Å². The smallest absolute Gasteiger partial charge is 0.235 e. The second-order valence-electron chi connectivity index (χ2n) is 4.05. The number of nitrogens with zero attached hydrogens (tertiary/aromatic N) is 1. The molecule has 0 aliphatic rings. The van der Waals surface area contributed by atoms with Crippen molar-refractivity contribution in [1.82, 2.24) is 10.2 Å². The van der Waals surface area contributed by atoms with Crippen LogP contribution in [0.15, 0.2) is 0 Å². The summed E-state index contributed by atoms with van der Waals surface area (Å²) in [5, 5.41) is 6.18. The van der Waals surface area contributed by atoms with Gasteiger partial charge in [-0.2, -0.15) is 5.10 Å². The van der Waals surface area contributed by atoms with Gasteiger partial charge in [0.15, 0.2) is 0 Å². The summed E-state index contributed by atoms with van der Waals surface area (Å²) in [4.78, 5) is 0. The molecule has 0 aromatic carbocycles. The van der Waals surface area contributed by atoms with Crippen LogP contribution >= 0.6 is 0 Å². The molecule has 1 aromatic rings. The van der Waals surface area contributed by atoms with Gasteiger partial charge in [0.1, 0.15) is 0 Å². The van der Waals surface area contributed by atoms with E-state index in [0.29, 0.717) is 30.1 Å². The fraction of sp³-hybridized carbons (Fsp3) is 0.700. The molecule has 0 fully saturated rings. The zero-order valence-corrected chi connectivity index (χ0v) is 11.4. The summed E-state index contributed by atoms with van der Waals surface area (Å²) in [6, 6.07) is 0. The van der Waals surface area contributed by atoms with Gasteiger partial charge >= 0.3 is 0 Å². The van der Waals surface area contributed by atoms with E-state index < -0.39 is 15.3 Å². The van der Waals surface area contributed by atoms with Gasteiger partial charge in [0.05, 0.1) is 22.3 Å². The minimum Gasteiger partial charge on any atom is -0.385 e. The van der Waals surface area contributed by atoms with E-state index in [-0.39, 0.29) is 0 Å². The van der Waals surface area contributed by atoms with Crippen molar-refractivity contribution >= 4 is 15.7 Å². The third-order valence-corrected chi connectivity index (χ3v) is 4.41. The van der Waals surface area contributed by atoms with Crippen molar-refractivity contribution in [3.05, 3.63) is 11.4 Å². The van der Waals surface area contributed by atoms with Crippen molar-refractivity contribution in [2.75, 3.05) is 18.4 Å². The molecule has 17 heavy (non-hydrogen) atoms. The highest BCUT2D eigenvalue weighted by Gasteiger charge is 2.22. The Balaban J connectivity index is 2.80. The summed E-state index contributed by atoms with van der Waals surface area (Å²) >= 11 is 0. The monoisotopic (exact) mass is 261 g/mol. The Labute approximate surface area is 102 Å². The normalized spacial score (nSPS) is 13.6. The molecule has 1 unspecified atom stereocenters. The number of H-pyrrole nitrogens is 1. The molecule has 0 aliphatic carbocycles. The molecule has 1 atom stereocenters. The predicted octanol–water partition coefficient (Wildman–Crippen LogP) is 1.19.